The average Bonchev–Trinajstić information content (AvgIpc) is 2.31. The topological polar surface area (TPSA) is 25.8 Å². The highest BCUT2D eigenvalue weighted by Gasteiger charge is 2.10. The van der Waals surface area contributed by atoms with Crippen LogP contribution in [0, 0.1) is 0 Å². The maximum Gasteiger partial charge on any atom is 0.146 e. The molecule has 0 saturated carbocycles. The van der Waals surface area contributed by atoms with Crippen LogP contribution in [0.15, 0.2) is 48.8 Å². The molecule has 1 aromatic carbocycles. The number of benzene rings is 1. The maximum absolute atomic E-state index is 6.22. The molecule has 0 saturated heterocycles. The Balaban J connectivity index is 2.08. The standard InChI is InChI=1S/C12H11ClN2/c13-11(12-14-7-4-8-15-12)9-10-5-2-1-3-6-10/h1-8,11H,9H2. The molecule has 0 amide bonds. The zero-order valence-electron chi connectivity index (χ0n) is 8.18. The molecule has 0 aliphatic heterocycles. The van der Waals surface area contributed by atoms with Crippen molar-refractivity contribution in [2.24, 2.45) is 0 Å². The Bertz CT molecular complexity index is 402. The molecular weight excluding hydrogens is 208 g/mol. The van der Waals surface area contributed by atoms with Crippen molar-refractivity contribution in [2.75, 3.05) is 0 Å². The molecule has 1 heterocycles. The number of halogens is 1. The van der Waals surface area contributed by atoms with Gasteiger partial charge in [0.2, 0.25) is 0 Å². The molecular formula is C12H11ClN2. The van der Waals surface area contributed by atoms with Gasteiger partial charge in [-0.25, -0.2) is 9.97 Å². The molecule has 0 spiro atoms. The molecule has 1 atom stereocenters. The summed E-state index contributed by atoms with van der Waals surface area (Å²) >= 11 is 6.22. The minimum Gasteiger partial charge on any atom is -0.240 e. The molecule has 0 fully saturated rings. The van der Waals surface area contributed by atoms with Crippen LogP contribution >= 0.6 is 11.6 Å². The van der Waals surface area contributed by atoms with E-state index < -0.39 is 0 Å². The fraction of sp³-hybridized carbons (Fsp3) is 0.167. The summed E-state index contributed by atoms with van der Waals surface area (Å²) in [5, 5.41) is -0.159. The van der Waals surface area contributed by atoms with Gasteiger partial charge in [-0.15, -0.1) is 11.6 Å². The van der Waals surface area contributed by atoms with E-state index in [-0.39, 0.29) is 5.38 Å². The van der Waals surface area contributed by atoms with Gasteiger partial charge in [-0.2, -0.15) is 0 Å². The van der Waals surface area contributed by atoms with Crippen LogP contribution in [-0.4, -0.2) is 9.97 Å². The van der Waals surface area contributed by atoms with Crippen LogP contribution in [0.1, 0.15) is 16.8 Å². The van der Waals surface area contributed by atoms with Gasteiger partial charge in [0.25, 0.3) is 0 Å². The van der Waals surface area contributed by atoms with Crippen molar-refractivity contribution < 1.29 is 0 Å². The van der Waals surface area contributed by atoms with E-state index in [1.54, 1.807) is 18.5 Å². The molecule has 76 valence electrons. The second-order valence-corrected chi connectivity index (χ2v) is 3.79. The first-order valence-corrected chi connectivity index (χ1v) is 5.25. The van der Waals surface area contributed by atoms with Crippen LogP contribution < -0.4 is 0 Å². The lowest BCUT2D eigenvalue weighted by Gasteiger charge is -2.07. The van der Waals surface area contributed by atoms with Crippen molar-refractivity contribution in [2.45, 2.75) is 11.8 Å². The van der Waals surface area contributed by atoms with Gasteiger partial charge in [-0.05, 0) is 18.1 Å². The number of hydrogen-bond acceptors (Lipinski definition) is 2. The number of alkyl halides is 1. The fourth-order valence-electron chi connectivity index (χ4n) is 1.38. The van der Waals surface area contributed by atoms with E-state index >= 15 is 0 Å². The van der Waals surface area contributed by atoms with Gasteiger partial charge in [0.15, 0.2) is 0 Å². The van der Waals surface area contributed by atoms with Gasteiger partial charge in [-0.1, -0.05) is 30.3 Å². The molecule has 2 rings (SSSR count). The third kappa shape index (κ3) is 2.77. The van der Waals surface area contributed by atoms with E-state index in [1.807, 2.05) is 18.2 Å². The smallest absolute Gasteiger partial charge is 0.146 e. The van der Waals surface area contributed by atoms with E-state index in [9.17, 15) is 0 Å². The van der Waals surface area contributed by atoms with Gasteiger partial charge >= 0.3 is 0 Å². The Morgan fingerprint density at radius 1 is 1.00 bits per heavy atom. The summed E-state index contributed by atoms with van der Waals surface area (Å²) in [6.07, 6.45) is 4.18. The molecule has 1 unspecified atom stereocenters. The SMILES string of the molecule is ClC(Cc1ccccc1)c1ncccn1. The zero-order chi connectivity index (χ0) is 10.5. The predicted octanol–water partition coefficient (Wildman–Crippen LogP) is 3.00. The summed E-state index contributed by atoms with van der Waals surface area (Å²) in [5.74, 6) is 0.683. The van der Waals surface area contributed by atoms with Crippen molar-refractivity contribution in [1.82, 2.24) is 9.97 Å². The van der Waals surface area contributed by atoms with Gasteiger partial charge in [-0.3, -0.25) is 0 Å². The third-order valence-corrected chi connectivity index (χ3v) is 2.47. The first kappa shape index (κ1) is 10.1. The molecule has 0 N–H and O–H groups in total. The van der Waals surface area contributed by atoms with Crippen LogP contribution in [0.25, 0.3) is 0 Å². The lowest BCUT2D eigenvalue weighted by Crippen LogP contribution is -2.00. The summed E-state index contributed by atoms with van der Waals surface area (Å²) in [4.78, 5) is 8.26. The highest BCUT2D eigenvalue weighted by atomic mass is 35.5. The quantitative estimate of drug-likeness (QED) is 0.741. The number of rotatable bonds is 3. The van der Waals surface area contributed by atoms with Crippen LogP contribution in [0.3, 0.4) is 0 Å². The second-order valence-electron chi connectivity index (χ2n) is 3.26. The Hall–Kier alpha value is -1.41. The largest absolute Gasteiger partial charge is 0.240 e. The van der Waals surface area contributed by atoms with E-state index in [0.29, 0.717) is 5.82 Å². The average molecular weight is 219 g/mol. The maximum atomic E-state index is 6.22. The Labute approximate surface area is 94.0 Å². The Morgan fingerprint density at radius 3 is 2.33 bits per heavy atom. The van der Waals surface area contributed by atoms with E-state index in [2.05, 4.69) is 22.1 Å². The summed E-state index contributed by atoms with van der Waals surface area (Å²) in [6.45, 7) is 0. The van der Waals surface area contributed by atoms with Crippen LogP contribution in [0.4, 0.5) is 0 Å². The van der Waals surface area contributed by atoms with Crippen LogP contribution in [0.5, 0.6) is 0 Å². The molecule has 0 aliphatic rings. The lowest BCUT2D eigenvalue weighted by molar-refractivity contribution is 0.826. The Morgan fingerprint density at radius 2 is 1.67 bits per heavy atom. The van der Waals surface area contributed by atoms with E-state index in [0.717, 1.165) is 6.42 Å². The molecule has 2 nitrogen and oxygen atoms in total. The second kappa shape index (κ2) is 4.89. The molecule has 15 heavy (non-hydrogen) atoms. The van der Waals surface area contributed by atoms with Crippen LogP contribution in [-0.2, 0) is 6.42 Å². The van der Waals surface area contributed by atoms with Crippen molar-refractivity contribution in [3.63, 3.8) is 0 Å². The minimum atomic E-state index is -0.159. The molecule has 2 aromatic rings. The van der Waals surface area contributed by atoms with Crippen molar-refractivity contribution in [1.29, 1.82) is 0 Å². The third-order valence-electron chi connectivity index (χ3n) is 2.12. The number of nitrogens with zero attached hydrogens (tertiary/aromatic N) is 2. The highest BCUT2D eigenvalue weighted by molar-refractivity contribution is 6.20. The van der Waals surface area contributed by atoms with Gasteiger partial charge < -0.3 is 0 Å². The summed E-state index contributed by atoms with van der Waals surface area (Å²) in [6, 6.07) is 11.9. The monoisotopic (exact) mass is 218 g/mol. The molecule has 0 bridgehead atoms. The first-order chi connectivity index (χ1) is 7.36. The predicted molar refractivity (Wildman–Crippen MR) is 60.8 cm³/mol. The van der Waals surface area contributed by atoms with Gasteiger partial charge in [0.05, 0.1) is 5.38 Å². The molecule has 0 radical (unpaired) electrons. The highest BCUT2D eigenvalue weighted by Crippen LogP contribution is 2.20. The summed E-state index contributed by atoms with van der Waals surface area (Å²) in [5.41, 5.74) is 1.20. The fourth-order valence-corrected chi connectivity index (χ4v) is 1.68. The molecule has 3 heteroatoms. The van der Waals surface area contributed by atoms with Crippen LogP contribution in [0.2, 0.25) is 0 Å². The minimum absolute atomic E-state index is 0.159. The zero-order valence-corrected chi connectivity index (χ0v) is 8.93. The van der Waals surface area contributed by atoms with Crippen molar-refractivity contribution >= 4 is 11.6 Å². The van der Waals surface area contributed by atoms with Crippen molar-refractivity contribution in [3.8, 4) is 0 Å². The number of hydrogen-bond donors (Lipinski definition) is 0. The normalized spacial score (nSPS) is 12.3. The molecule has 1 aromatic heterocycles. The molecule has 0 aliphatic carbocycles. The van der Waals surface area contributed by atoms with Crippen molar-refractivity contribution in [3.05, 3.63) is 60.2 Å². The number of aromatic nitrogens is 2. The Kier molecular flexibility index (Phi) is 3.30. The van der Waals surface area contributed by atoms with E-state index in [4.69, 9.17) is 11.6 Å². The lowest BCUT2D eigenvalue weighted by atomic mass is 10.1. The summed E-state index contributed by atoms with van der Waals surface area (Å²) in [7, 11) is 0. The van der Waals surface area contributed by atoms with Gasteiger partial charge in [0.1, 0.15) is 5.82 Å². The summed E-state index contributed by atoms with van der Waals surface area (Å²) < 4.78 is 0. The first-order valence-electron chi connectivity index (χ1n) is 4.81. The van der Waals surface area contributed by atoms with E-state index in [1.165, 1.54) is 5.56 Å². The van der Waals surface area contributed by atoms with Gasteiger partial charge in [0, 0.05) is 12.4 Å².